The average Bonchev–Trinajstić information content (AvgIpc) is 3.30. The molecular weight excluding hydrogens is 330 g/mol. The number of aryl methyl sites for hydroxylation is 2. The van der Waals surface area contributed by atoms with Gasteiger partial charge in [-0.15, -0.1) is 5.10 Å². The molecule has 0 spiro atoms. The van der Waals surface area contributed by atoms with Gasteiger partial charge < -0.3 is 9.47 Å². The Morgan fingerprint density at radius 1 is 1.19 bits per heavy atom. The topological polar surface area (TPSA) is 81.7 Å². The number of hydrogen-bond acceptors (Lipinski definition) is 6. The average molecular weight is 351 g/mol. The van der Waals surface area contributed by atoms with Crippen molar-refractivity contribution < 1.29 is 0 Å². The van der Waals surface area contributed by atoms with Crippen molar-refractivity contribution in [3.05, 3.63) is 53.3 Å². The molecular formula is C18H21N7O. The Kier molecular flexibility index (Phi) is 4.47. The third-order valence-corrected chi connectivity index (χ3v) is 4.64. The summed E-state index contributed by atoms with van der Waals surface area (Å²) in [4.78, 5) is 23.0. The number of pyridine rings is 1. The summed E-state index contributed by atoms with van der Waals surface area (Å²) in [7, 11) is 0. The van der Waals surface area contributed by atoms with Gasteiger partial charge in [0.15, 0.2) is 0 Å². The van der Waals surface area contributed by atoms with E-state index in [1.54, 1.807) is 40.0 Å². The van der Waals surface area contributed by atoms with E-state index in [9.17, 15) is 4.79 Å². The van der Waals surface area contributed by atoms with Crippen LogP contribution in [-0.4, -0.2) is 42.6 Å². The molecule has 1 aliphatic rings. The van der Waals surface area contributed by atoms with E-state index in [4.69, 9.17) is 4.98 Å². The van der Waals surface area contributed by atoms with Crippen LogP contribution >= 0.6 is 0 Å². The van der Waals surface area contributed by atoms with Crippen LogP contribution in [0.3, 0.4) is 0 Å². The first kappa shape index (κ1) is 16.4. The van der Waals surface area contributed by atoms with Crippen molar-refractivity contribution in [2.24, 2.45) is 5.92 Å². The van der Waals surface area contributed by atoms with Crippen LogP contribution in [0.1, 0.15) is 13.3 Å². The standard InChI is InChI=1S/C18H21N7O/c1-14-5-7-24(12-14)17-11-19-10-15(20-17)16-13-25(22-21-16)9-8-23-6-3-2-4-18(23)26/h2-4,6,10-11,13-14H,5,7-9,12H2,1H3/t14-/m0/s1. The third-order valence-electron chi connectivity index (χ3n) is 4.64. The van der Waals surface area contributed by atoms with E-state index in [1.807, 2.05) is 12.3 Å². The lowest BCUT2D eigenvalue weighted by Crippen LogP contribution is -2.20. The highest BCUT2D eigenvalue weighted by Gasteiger charge is 2.20. The van der Waals surface area contributed by atoms with Crippen molar-refractivity contribution >= 4 is 5.82 Å². The number of aromatic nitrogens is 6. The molecule has 8 nitrogen and oxygen atoms in total. The smallest absolute Gasteiger partial charge is 0.250 e. The Labute approximate surface area is 151 Å². The molecule has 0 aromatic carbocycles. The van der Waals surface area contributed by atoms with Crippen LogP contribution in [0.5, 0.6) is 0 Å². The van der Waals surface area contributed by atoms with Crippen molar-refractivity contribution in [3.8, 4) is 11.4 Å². The highest BCUT2D eigenvalue weighted by Crippen LogP contribution is 2.23. The van der Waals surface area contributed by atoms with Crippen molar-refractivity contribution in [2.75, 3.05) is 18.0 Å². The number of rotatable bonds is 5. The first-order valence-electron chi connectivity index (χ1n) is 8.82. The number of anilines is 1. The monoisotopic (exact) mass is 351 g/mol. The van der Waals surface area contributed by atoms with Crippen LogP contribution in [0.2, 0.25) is 0 Å². The lowest BCUT2D eigenvalue weighted by Gasteiger charge is -2.16. The van der Waals surface area contributed by atoms with Gasteiger partial charge >= 0.3 is 0 Å². The molecule has 1 saturated heterocycles. The van der Waals surface area contributed by atoms with Crippen molar-refractivity contribution in [1.29, 1.82) is 0 Å². The quantitative estimate of drug-likeness (QED) is 0.692. The van der Waals surface area contributed by atoms with Gasteiger partial charge in [-0.1, -0.05) is 18.2 Å². The molecule has 8 heteroatoms. The minimum Gasteiger partial charge on any atom is -0.355 e. The molecule has 0 saturated carbocycles. The van der Waals surface area contributed by atoms with Gasteiger partial charge in [0.05, 0.1) is 25.1 Å². The molecule has 26 heavy (non-hydrogen) atoms. The Bertz CT molecular complexity index is 948. The largest absolute Gasteiger partial charge is 0.355 e. The Balaban J connectivity index is 1.48. The number of nitrogens with zero attached hydrogens (tertiary/aromatic N) is 7. The molecule has 0 amide bonds. The second-order valence-corrected chi connectivity index (χ2v) is 6.70. The summed E-state index contributed by atoms with van der Waals surface area (Å²) >= 11 is 0. The molecule has 0 bridgehead atoms. The lowest BCUT2D eigenvalue weighted by molar-refractivity contribution is 0.511. The van der Waals surface area contributed by atoms with Gasteiger partial charge in [0.1, 0.15) is 17.2 Å². The first-order chi connectivity index (χ1) is 12.7. The fraction of sp³-hybridized carbons (Fsp3) is 0.389. The van der Waals surface area contributed by atoms with E-state index < -0.39 is 0 Å². The summed E-state index contributed by atoms with van der Waals surface area (Å²) in [5.74, 6) is 1.57. The molecule has 3 aromatic heterocycles. The minimum absolute atomic E-state index is 0.0220. The Morgan fingerprint density at radius 3 is 2.92 bits per heavy atom. The maximum Gasteiger partial charge on any atom is 0.250 e. The minimum atomic E-state index is -0.0220. The van der Waals surface area contributed by atoms with Crippen LogP contribution in [0.15, 0.2) is 47.8 Å². The summed E-state index contributed by atoms with van der Waals surface area (Å²) in [6.45, 7) is 5.38. The number of hydrogen-bond donors (Lipinski definition) is 0. The van der Waals surface area contributed by atoms with Gasteiger partial charge in [-0.2, -0.15) is 0 Å². The molecule has 4 rings (SSSR count). The van der Waals surface area contributed by atoms with E-state index in [0.29, 0.717) is 30.4 Å². The zero-order chi connectivity index (χ0) is 17.9. The van der Waals surface area contributed by atoms with E-state index in [-0.39, 0.29) is 5.56 Å². The maximum absolute atomic E-state index is 11.7. The normalized spacial score (nSPS) is 17.0. The van der Waals surface area contributed by atoms with E-state index in [1.165, 1.54) is 6.42 Å². The SMILES string of the molecule is C[C@H]1CCN(c2cncc(-c3cn(CCn4ccccc4=O)nn3)n2)C1. The molecule has 0 N–H and O–H groups in total. The van der Waals surface area contributed by atoms with Gasteiger partial charge in [-0.25, -0.2) is 4.98 Å². The molecule has 0 aliphatic carbocycles. The molecule has 1 atom stereocenters. The molecule has 4 heterocycles. The summed E-state index contributed by atoms with van der Waals surface area (Å²) in [5.41, 5.74) is 1.38. The van der Waals surface area contributed by atoms with Crippen LogP contribution < -0.4 is 10.5 Å². The van der Waals surface area contributed by atoms with Crippen LogP contribution in [-0.2, 0) is 13.1 Å². The van der Waals surface area contributed by atoms with Gasteiger partial charge in [0.25, 0.3) is 5.56 Å². The second kappa shape index (κ2) is 7.07. The van der Waals surface area contributed by atoms with E-state index in [2.05, 4.69) is 27.1 Å². The van der Waals surface area contributed by atoms with E-state index >= 15 is 0 Å². The predicted octanol–water partition coefficient (Wildman–Crippen LogP) is 1.44. The second-order valence-electron chi connectivity index (χ2n) is 6.70. The van der Waals surface area contributed by atoms with E-state index in [0.717, 1.165) is 18.9 Å². The zero-order valence-electron chi connectivity index (χ0n) is 14.7. The van der Waals surface area contributed by atoms with Gasteiger partial charge in [0, 0.05) is 31.9 Å². The molecule has 1 aliphatic heterocycles. The van der Waals surface area contributed by atoms with Crippen molar-refractivity contribution in [3.63, 3.8) is 0 Å². The zero-order valence-corrected chi connectivity index (χ0v) is 14.7. The molecule has 134 valence electrons. The Morgan fingerprint density at radius 2 is 2.12 bits per heavy atom. The van der Waals surface area contributed by atoms with Crippen LogP contribution in [0.4, 0.5) is 5.82 Å². The van der Waals surface area contributed by atoms with Crippen LogP contribution in [0, 0.1) is 5.92 Å². The third kappa shape index (κ3) is 3.49. The van der Waals surface area contributed by atoms with Crippen molar-refractivity contribution in [1.82, 2.24) is 29.5 Å². The highest BCUT2D eigenvalue weighted by atomic mass is 16.1. The molecule has 0 radical (unpaired) electrons. The Hall–Kier alpha value is -3.03. The van der Waals surface area contributed by atoms with Gasteiger partial charge in [-0.3, -0.25) is 14.5 Å². The summed E-state index contributed by atoms with van der Waals surface area (Å²) < 4.78 is 3.37. The highest BCUT2D eigenvalue weighted by molar-refractivity contribution is 5.54. The molecule has 0 unspecified atom stereocenters. The molecule has 3 aromatic rings. The predicted molar refractivity (Wildman–Crippen MR) is 97.7 cm³/mol. The summed E-state index contributed by atoms with van der Waals surface area (Å²) in [6, 6.07) is 5.13. The van der Waals surface area contributed by atoms with Gasteiger partial charge in [0.2, 0.25) is 0 Å². The lowest BCUT2D eigenvalue weighted by atomic mass is 10.2. The van der Waals surface area contributed by atoms with Crippen molar-refractivity contribution in [2.45, 2.75) is 26.4 Å². The fourth-order valence-corrected chi connectivity index (χ4v) is 3.16. The van der Waals surface area contributed by atoms with Gasteiger partial charge in [-0.05, 0) is 18.4 Å². The fourth-order valence-electron chi connectivity index (χ4n) is 3.16. The maximum atomic E-state index is 11.7. The summed E-state index contributed by atoms with van der Waals surface area (Å²) in [5, 5.41) is 8.35. The van der Waals surface area contributed by atoms with Crippen LogP contribution in [0.25, 0.3) is 11.4 Å². The first-order valence-corrected chi connectivity index (χ1v) is 8.82. The molecule has 1 fully saturated rings. The summed E-state index contributed by atoms with van der Waals surface area (Å²) in [6.07, 6.45) is 8.30.